The van der Waals surface area contributed by atoms with Crippen LogP contribution in [-0.4, -0.2) is 26.2 Å². The van der Waals surface area contributed by atoms with Gasteiger partial charge in [0.25, 0.3) is 0 Å². The molecule has 0 saturated heterocycles. The fourth-order valence-electron chi connectivity index (χ4n) is 2.61. The summed E-state index contributed by atoms with van der Waals surface area (Å²) in [6.07, 6.45) is 2.97. The van der Waals surface area contributed by atoms with Crippen molar-refractivity contribution < 1.29 is 13.5 Å². The minimum Gasteiger partial charge on any atom is -0.398 e. The largest absolute Gasteiger partial charge is 0.398 e. The molecule has 4 N–H and O–H groups in total. The first-order valence-corrected chi connectivity index (χ1v) is 9.30. The molecule has 7 heteroatoms. The van der Waals surface area contributed by atoms with Gasteiger partial charge in [-0.25, -0.2) is 13.1 Å². The summed E-state index contributed by atoms with van der Waals surface area (Å²) in [4.78, 5) is 0.221. The summed E-state index contributed by atoms with van der Waals surface area (Å²) in [5.74, 6) is 0.288. The number of aryl methyl sites for hydroxylation is 1. The Morgan fingerprint density at radius 3 is 2.57 bits per heavy atom. The molecule has 1 aliphatic carbocycles. The maximum atomic E-state index is 12.4. The van der Waals surface area contributed by atoms with Crippen LogP contribution in [0.5, 0.6) is 0 Å². The van der Waals surface area contributed by atoms with Crippen molar-refractivity contribution in [2.75, 3.05) is 12.3 Å². The molecule has 5 nitrogen and oxygen atoms in total. The molecule has 0 heterocycles. The Bertz CT molecular complexity index is 611. The predicted molar refractivity (Wildman–Crippen MR) is 86.4 cm³/mol. The number of sulfonamides is 1. The molecule has 0 unspecified atom stereocenters. The van der Waals surface area contributed by atoms with Gasteiger partial charge in [-0.15, -0.1) is 0 Å². The number of hydrogen-bond acceptors (Lipinski definition) is 4. The first kappa shape index (κ1) is 16.7. The van der Waals surface area contributed by atoms with Gasteiger partial charge in [-0.1, -0.05) is 0 Å². The average Bonchev–Trinajstić information content (AvgIpc) is 2.42. The predicted octanol–water partition coefficient (Wildman–Crippen LogP) is 2.17. The van der Waals surface area contributed by atoms with Crippen LogP contribution in [0, 0.1) is 12.8 Å². The molecular formula is C14H21BrN2O3S. The van der Waals surface area contributed by atoms with Crippen molar-refractivity contribution in [1.29, 1.82) is 0 Å². The molecule has 1 aromatic carbocycles. The molecule has 0 spiro atoms. The minimum atomic E-state index is -3.56. The van der Waals surface area contributed by atoms with Crippen LogP contribution in [0.25, 0.3) is 0 Å². The number of nitrogens with two attached hydrogens (primary N) is 1. The van der Waals surface area contributed by atoms with E-state index in [1.165, 1.54) is 6.07 Å². The van der Waals surface area contributed by atoms with Crippen LogP contribution in [0.2, 0.25) is 0 Å². The molecule has 0 bridgehead atoms. The highest BCUT2D eigenvalue weighted by molar-refractivity contribution is 9.10. The maximum absolute atomic E-state index is 12.4. The second kappa shape index (κ2) is 6.64. The Morgan fingerprint density at radius 2 is 1.95 bits per heavy atom. The van der Waals surface area contributed by atoms with Crippen LogP contribution in [0.3, 0.4) is 0 Å². The molecule has 0 aromatic heterocycles. The molecule has 21 heavy (non-hydrogen) atoms. The number of nitrogen functional groups attached to an aromatic ring is 1. The van der Waals surface area contributed by atoms with Gasteiger partial charge >= 0.3 is 0 Å². The third-order valence-corrected chi connectivity index (χ3v) is 6.21. The first-order chi connectivity index (χ1) is 9.79. The van der Waals surface area contributed by atoms with Crippen molar-refractivity contribution in [2.24, 2.45) is 5.92 Å². The average molecular weight is 377 g/mol. The van der Waals surface area contributed by atoms with Gasteiger partial charge in [-0.05, 0) is 72.2 Å². The summed E-state index contributed by atoms with van der Waals surface area (Å²) in [6, 6.07) is 3.19. The molecule has 2 rings (SSSR count). The van der Waals surface area contributed by atoms with E-state index in [2.05, 4.69) is 20.7 Å². The highest BCUT2D eigenvalue weighted by Crippen LogP contribution is 2.27. The highest BCUT2D eigenvalue weighted by atomic mass is 79.9. The third kappa shape index (κ3) is 4.18. The second-order valence-electron chi connectivity index (χ2n) is 5.67. The molecule has 0 aliphatic heterocycles. The Labute approximate surface area is 134 Å². The summed E-state index contributed by atoms with van der Waals surface area (Å²) >= 11 is 3.29. The summed E-state index contributed by atoms with van der Waals surface area (Å²) in [5, 5.41) is 9.47. The third-order valence-electron chi connectivity index (χ3n) is 3.96. The van der Waals surface area contributed by atoms with Crippen LogP contribution < -0.4 is 10.5 Å². The standard InChI is InChI=1S/C14H21BrN2O3S/c1-9-6-12(15)13(16)7-14(9)21(19,20)17-8-10-2-4-11(18)5-3-10/h6-7,10-11,17-18H,2-5,8,16H2,1H3. The second-order valence-corrected chi connectivity index (χ2v) is 8.26. The molecule has 0 radical (unpaired) electrons. The van der Waals surface area contributed by atoms with Crippen LogP contribution in [0.4, 0.5) is 5.69 Å². The molecule has 1 saturated carbocycles. The Kier molecular flexibility index (Phi) is 5.29. The van der Waals surface area contributed by atoms with E-state index in [0.29, 0.717) is 22.3 Å². The highest BCUT2D eigenvalue weighted by Gasteiger charge is 2.23. The molecule has 1 aromatic rings. The van der Waals surface area contributed by atoms with Crippen molar-refractivity contribution in [3.8, 4) is 0 Å². The van der Waals surface area contributed by atoms with Gasteiger partial charge in [0.1, 0.15) is 0 Å². The van der Waals surface area contributed by atoms with E-state index in [0.717, 1.165) is 25.7 Å². The van der Waals surface area contributed by atoms with Gasteiger partial charge in [0.15, 0.2) is 0 Å². The molecular weight excluding hydrogens is 356 g/mol. The first-order valence-electron chi connectivity index (χ1n) is 7.03. The quantitative estimate of drug-likeness (QED) is 0.702. The SMILES string of the molecule is Cc1cc(Br)c(N)cc1S(=O)(=O)NCC1CCC(O)CC1. The van der Waals surface area contributed by atoms with Crippen molar-refractivity contribution in [2.45, 2.75) is 43.6 Å². The van der Waals surface area contributed by atoms with Crippen molar-refractivity contribution in [1.82, 2.24) is 4.72 Å². The fourth-order valence-corrected chi connectivity index (χ4v) is 4.45. The molecule has 118 valence electrons. The Morgan fingerprint density at radius 1 is 1.33 bits per heavy atom. The van der Waals surface area contributed by atoms with E-state index < -0.39 is 10.0 Å². The van der Waals surface area contributed by atoms with Gasteiger partial charge < -0.3 is 10.8 Å². The molecule has 1 fully saturated rings. The lowest BCUT2D eigenvalue weighted by Gasteiger charge is -2.25. The number of anilines is 1. The lowest BCUT2D eigenvalue weighted by atomic mass is 9.88. The van der Waals surface area contributed by atoms with Crippen LogP contribution in [0.1, 0.15) is 31.2 Å². The monoisotopic (exact) mass is 376 g/mol. The van der Waals surface area contributed by atoms with Gasteiger partial charge in [-0.3, -0.25) is 0 Å². The zero-order valence-electron chi connectivity index (χ0n) is 12.0. The topological polar surface area (TPSA) is 92.4 Å². The molecule has 0 atom stereocenters. The van der Waals surface area contributed by atoms with Crippen molar-refractivity contribution in [3.05, 3.63) is 22.2 Å². The Balaban J connectivity index is 2.07. The minimum absolute atomic E-state index is 0.221. The molecule has 1 aliphatic rings. The summed E-state index contributed by atoms with van der Waals surface area (Å²) in [7, 11) is -3.56. The maximum Gasteiger partial charge on any atom is 0.240 e. The van der Waals surface area contributed by atoms with Crippen molar-refractivity contribution in [3.63, 3.8) is 0 Å². The normalized spacial score (nSPS) is 23.2. The van der Waals surface area contributed by atoms with Crippen molar-refractivity contribution >= 4 is 31.6 Å². The number of nitrogens with one attached hydrogen (secondary N) is 1. The van der Waals surface area contributed by atoms with E-state index in [4.69, 9.17) is 5.73 Å². The van der Waals surface area contributed by atoms with Crippen LogP contribution in [-0.2, 0) is 10.0 Å². The van der Waals surface area contributed by atoms with E-state index in [1.807, 2.05) is 0 Å². The number of halogens is 1. The van der Waals surface area contributed by atoms with Gasteiger partial charge in [0.05, 0.1) is 11.0 Å². The number of aliphatic hydroxyl groups is 1. The van der Waals surface area contributed by atoms with Gasteiger partial charge in [0.2, 0.25) is 10.0 Å². The van der Waals surface area contributed by atoms with Gasteiger partial charge in [-0.2, -0.15) is 0 Å². The van der Waals surface area contributed by atoms with E-state index in [1.54, 1.807) is 13.0 Å². The fraction of sp³-hybridized carbons (Fsp3) is 0.571. The Hall–Kier alpha value is -0.630. The number of benzene rings is 1. The lowest BCUT2D eigenvalue weighted by molar-refractivity contribution is 0.109. The zero-order chi connectivity index (χ0) is 15.6. The zero-order valence-corrected chi connectivity index (χ0v) is 14.4. The number of hydrogen-bond donors (Lipinski definition) is 3. The number of rotatable bonds is 4. The number of aliphatic hydroxyl groups excluding tert-OH is 1. The summed E-state index contributed by atoms with van der Waals surface area (Å²) in [5.41, 5.74) is 6.83. The lowest BCUT2D eigenvalue weighted by Crippen LogP contribution is -2.32. The van der Waals surface area contributed by atoms with E-state index in [-0.39, 0.29) is 16.9 Å². The smallest absolute Gasteiger partial charge is 0.240 e. The van der Waals surface area contributed by atoms with Crippen LogP contribution in [0.15, 0.2) is 21.5 Å². The molecule has 0 amide bonds. The van der Waals surface area contributed by atoms with Gasteiger partial charge in [0, 0.05) is 16.7 Å². The van der Waals surface area contributed by atoms with Crippen LogP contribution >= 0.6 is 15.9 Å². The van der Waals surface area contributed by atoms with E-state index in [9.17, 15) is 13.5 Å². The summed E-state index contributed by atoms with van der Waals surface area (Å²) in [6.45, 7) is 2.15. The van der Waals surface area contributed by atoms with E-state index >= 15 is 0 Å². The summed E-state index contributed by atoms with van der Waals surface area (Å²) < 4.78 is 28.1.